The number of rotatable bonds is 8. The Morgan fingerprint density at radius 2 is 1.93 bits per heavy atom. The van der Waals surface area contributed by atoms with Crippen LogP contribution in [0, 0.1) is 11.3 Å². The second-order valence-corrected chi connectivity index (χ2v) is 7.96. The van der Waals surface area contributed by atoms with Gasteiger partial charge in [0.15, 0.2) is 11.0 Å². The highest BCUT2D eigenvalue weighted by atomic mass is 32.2. The first-order chi connectivity index (χ1) is 14.0. The summed E-state index contributed by atoms with van der Waals surface area (Å²) in [6.45, 7) is 0.264. The SMILES string of the molecule is COc1ccc(OCc2nnc(SCC(=O)NC3(C#N)CCCCC3)n2C)cc1. The molecule has 1 aromatic heterocycles. The van der Waals surface area contributed by atoms with Gasteiger partial charge in [-0.05, 0) is 37.1 Å². The van der Waals surface area contributed by atoms with Crippen molar-refractivity contribution in [3.63, 3.8) is 0 Å². The third-order valence-corrected chi connectivity index (χ3v) is 6.00. The van der Waals surface area contributed by atoms with E-state index in [2.05, 4.69) is 21.6 Å². The van der Waals surface area contributed by atoms with Gasteiger partial charge >= 0.3 is 0 Å². The van der Waals surface area contributed by atoms with Crippen molar-refractivity contribution in [3.8, 4) is 17.6 Å². The quantitative estimate of drug-likeness (QED) is 0.661. The Hall–Kier alpha value is -2.73. The number of hydrogen-bond acceptors (Lipinski definition) is 7. The van der Waals surface area contributed by atoms with E-state index in [1.165, 1.54) is 11.8 Å². The first kappa shape index (κ1) is 21.0. The van der Waals surface area contributed by atoms with Crippen molar-refractivity contribution in [2.45, 2.75) is 49.4 Å². The van der Waals surface area contributed by atoms with Gasteiger partial charge in [0, 0.05) is 7.05 Å². The van der Waals surface area contributed by atoms with E-state index in [1.54, 1.807) is 7.11 Å². The highest BCUT2D eigenvalue weighted by molar-refractivity contribution is 7.99. The third kappa shape index (κ3) is 5.41. The molecule has 0 saturated heterocycles. The number of ether oxygens (including phenoxy) is 2. The maximum atomic E-state index is 12.4. The number of nitriles is 1. The Labute approximate surface area is 174 Å². The van der Waals surface area contributed by atoms with Crippen molar-refractivity contribution in [3.05, 3.63) is 30.1 Å². The molecule has 1 N–H and O–H groups in total. The van der Waals surface area contributed by atoms with Crippen molar-refractivity contribution < 1.29 is 14.3 Å². The molecule has 0 unspecified atom stereocenters. The lowest BCUT2D eigenvalue weighted by Crippen LogP contribution is -2.49. The van der Waals surface area contributed by atoms with Crippen LogP contribution in [0.15, 0.2) is 29.4 Å². The Balaban J connectivity index is 1.51. The standard InChI is InChI=1S/C20H25N5O3S/c1-25-17(12-28-16-8-6-15(27-2)7-9-16)23-24-19(25)29-13-18(26)22-20(14-21)10-4-3-5-11-20/h6-9H,3-5,10-13H2,1-2H3,(H,22,26). The van der Waals surface area contributed by atoms with E-state index in [4.69, 9.17) is 9.47 Å². The predicted octanol–water partition coefficient (Wildman–Crippen LogP) is 2.84. The number of benzene rings is 1. The maximum Gasteiger partial charge on any atom is 0.231 e. The number of carbonyl (C=O) groups is 1. The molecular formula is C20H25N5O3S. The van der Waals surface area contributed by atoms with Gasteiger partial charge in [-0.1, -0.05) is 31.0 Å². The van der Waals surface area contributed by atoms with Crippen LogP contribution in [0.4, 0.5) is 0 Å². The summed E-state index contributed by atoms with van der Waals surface area (Å²) < 4.78 is 12.7. The smallest absolute Gasteiger partial charge is 0.231 e. The summed E-state index contributed by atoms with van der Waals surface area (Å²) in [5.74, 6) is 2.16. The zero-order valence-corrected chi connectivity index (χ0v) is 17.5. The van der Waals surface area contributed by atoms with Crippen LogP contribution in [0.25, 0.3) is 0 Å². The van der Waals surface area contributed by atoms with Crippen LogP contribution in [0.2, 0.25) is 0 Å². The number of thioether (sulfide) groups is 1. The summed E-state index contributed by atoms with van der Waals surface area (Å²) in [5, 5.41) is 21.3. The molecule has 0 atom stereocenters. The van der Waals surface area contributed by atoms with Crippen molar-refractivity contribution in [1.82, 2.24) is 20.1 Å². The second kappa shape index (κ2) is 9.65. The van der Waals surface area contributed by atoms with Gasteiger partial charge in [0.1, 0.15) is 23.6 Å². The average molecular weight is 416 g/mol. The lowest BCUT2D eigenvalue weighted by Gasteiger charge is -2.31. The molecule has 1 heterocycles. The molecule has 154 valence electrons. The lowest BCUT2D eigenvalue weighted by molar-refractivity contribution is -0.120. The van der Waals surface area contributed by atoms with E-state index in [0.717, 1.165) is 37.9 Å². The first-order valence-electron chi connectivity index (χ1n) is 9.55. The van der Waals surface area contributed by atoms with E-state index in [9.17, 15) is 10.1 Å². The topological polar surface area (TPSA) is 102 Å². The summed E-state index contributed by atoms with van der Waals surface area (Å²) in [7, 11) is 3.45. The lowest BCUT2D eigenvalue weighted by atomic mass is 9.83. The van der Waals surface area contributed by atoms with E-state index in [0.29, 0.717) is 16.7 Å². The minimum absolute atomic E-state index is 0.155. The molecule has 0 bridgehead atoms. The number of aromatic nitrogens is 3. The van der Waals surface area contributed by atoms with Crippen LogP contribution in [0.1, 0.15) is 37.9 Å². The van der Waals surface area contributed by atoms with Gasteiger partial charge < -0.3 is 19.4 Å². The highest BCUT2D eigenvalue weighted by Gasteiger charge is 2.33. The Morgan fingerprint density at radius 3 is 2.59 bits per heavy atom. The molecule has 1 aromatic carbocycles. The number of hydrogen-bond donors (Lipinski definition) is 1. The van der Waals surface area contributed by atoms with Crippen molar-refractivity contribution >= 4 is 17.7 Å². The molecule has 9 heteroatoms. The van der Waals surface area contributed by atoms with Crippen molar-refractivity contribution in [2.75, 3.05) is 12.9 Å². The van der Waals surface area contributed by atoms with E-state index in [1.807, 2.05) is 35.9 Å². The third-order valence-electron chi connectivity index (χ3n) is 4.98. The van der Waals surface area contributed by atoms with Crippen LogP contribution >= 0.6 is 11.8 Å². The molecule has 8 nitrogen and oxygen atoms in total. The summed E-state index contributed by atoms with van der Waals surface area (Å²) in [6, 6.07) is 9.60. The fourth-order valence-electron chi connectivity index (χ4n) is 3.27. The predicted molar refractivity (Wildman–Crippen MR) is 109 cm³/mol. The number of nitrogens with zero attached hydrogens (tertiary/aromatic N) is 4. The zero-order chi connectivity index (χ0) is 20.7. The first-order valence-corrected chi connectivity index (χ1v) is 10.5. The average Bonchev–Trinajstić information content (AvgIpc) is 3.11. The number of methoxy groups -OCH3 is 1. The van der Waals surface area contributed by atoms with Gasteiger partial charge in [-0.2, -0.15) is 5.26 Å². The van der Waals surface area contributed by atoms with Crippen LogP contribution in [0.5, 0.6) is 11.5 Å². The number of amides is 1. The molecule has 0 aliphatic heterocycles. The molecule has 1 fully saturated rings. The summed E-state index contributed by atoms with van der Waals surface area (Å²) in [5.41, 5.74) is -0.715. The van der Waals surface area contributed by atoms with Crippen LogP contribution in [-0.2, 0) is 18.4 Å². The minimum Gasteiger partial charge on any atom is -0.497 e. The summed E-state index contributed by atoms with van der Waals surface area (Å²) in [4.78, 5) is 12.4. The molecule has 1 aliphatic rings. The number of carbonyl (C=O) groups excluding carboxylic acids is 1. The van der Waals surface area contributed by atoms with Gasteiger partial charge in [-0.3, -0.25) is 4.79 Å². The van der Waals surface area contributed by atoms with Gasteiger partial charge in [0.25, 0.3) is 0 Å². The molecule has 2 aromatic rings. The van der Waals surface area contributed by atoms with Crippen molar-refractivity contribution in [1.29, 1.82) is 5.26 Å². The highest BCUT2D eigenvalue weighted by Crippen LogP contribution is 2.28. The largest absolute Gasteiger partial charge is 0.497 e. The summed E-state index contributed by atoms with van der Waals surface area (Å²) in [6.07, 6.45) is 4.51. The van der Waals surface area contributed by atoms with Crippen molar-refractivity contribution in [2.24, 2.45) is 7.05 Å². The Bertz CT molecular complexity index is 869. The Morgan fingerprint density at radius 1 is 1.24 bits per heavy atom. The van der Waals surface area contributed by atoms with E-state index >= 15 is 0 Å². The molecule has 1 saturated carbocycles. The van der Waals surface area contributed by atoms with Gasteiger partial charge in [0.05, 0.1) is 18.9 Å². The zero-order valence-electron chi connectivity index (χ0n) is 16.7. The van der Waals surface area contributed by atoms with Crippen LogP contribution < -0.4 is 14.8 Å². The Kier molecular flexibility index (Phi) is 6.99. The second-order valence-electron chi connectivity index (χ2n) is 7.01. The molecule has 3 rings (SSSR count). The van der Waals surface area contributed by atoms with Crippen LogP contribution in [0.3, 0.4) is 0 Å². The molecular weight excluding hydrogens is 390 g/mol. The minimum atomic E-state index is -0.715. The van der Waals surface area contributed by atoms with Gasteiger partial charge in [-0.25, -0.2) is 0 Å². The molecule has 29 heavy (non-hydrogen) atoms. The van der Waals surface area contributed by atoms with Gasteiger partial charge in [-0.15, -0.1) is 10.2 Å². The molecule has 1 amide bonds. The normalized spacial score (nSPS) is 15.3. The maximum absolute atomic E-state index is 12.4. The number of nitrogens with one attached hydrogen (secondary N) is 1. The molecule has 0 spiro atoms. The monoisotopic (exact) mass is 415 g/mol. The van der Waals surface area contributed by atoms with Gasteiger partial charge in [0.2, 0.25) is 5.91 Å². The molecule has 1 aliphatic carbocycles. The van der Waals surface area contributed by atoms with E-state index in [-0.39, 0.29) is 18.3 Å². The van der Waals surface area contributed by atoms with E-state index < -0.39 is 5.54 Å². The fraction of sp³-hybridized carbons (Fsp3) is 0.500. The summed E-state index contributed by atoms with van der Waals surface area (Å²) >= 11 is 1.30. The molecule has 0 radical (unpaired) electrons. The fourth-order valence-corrected chi connectivity index (χ4v) is 4.00. The van der Waals surface area contributed by atoms with Crippen LogP contribution in [-0.4, -0.2) is 39.1 Å².